The maximum atomic E-state index is 12.8. The quantitative estimate of drug-likeness (QED) is 0.795. The summed E-state index contributed by atoms with van der Waals surface area (Å²) in [6, 6.07) is 0. The zero-order valence-corrected chi connectivity index (χ0v) is 16.0. The molecule has 2 fully saturated rings. The van der Waals surface area contributed by atoms with E-state index in [4.69, 9.17) is 0 Å². The Balaban J connectivity index is 1.67. The van der Waals surface area contributed by atoms with Gasteiger partial charge in [0, 0.05) is 37.9 Å². The summed E-state index contributed by atoms with van der Waals surface area (Å²) in [5.74, 6) is 1.19. The van der Waals surface area contributed by atoms with Crippen LogP contribution >= 0.6 is 0 Å². The monoisotopic (exact) mass is 346 g/mol. The van der Waals surface area contributed by atoms with Gasteiger partial charge < -0.3 is 9.47 Å². The van der Waals surface area contributed by atoms with Crippen LogP contribution in [0.3, 0.4) is 0 Å². The van der Waals surface area contributed by atoms with Crippen LogP contribution in [0.25, 0.3) is 0 Å². The summed E-state index contributed by atoms with van der Waals surface area (Å²) in [6.45, 7) is 5.80. The molecule has 25 heavy (non-hydrogen) atoms. The molecular weight excluding hydrogens is 312 g/mol. The lowest BCUT2D eigenvalue weighted by atomic mass is 9.78. The third kappa shape index (κ3) is 4.25. The van der Waals surface area contributed by atoms with Gasteiger partial charge in [-0.2, -0.15) is 0 Å². The topological polar surface area (TPSA) is 41.4 Å². The van der Waals surface area contributed by atoms with E-state index in [9.17, 15) is 4.79 Å². The van der Waals surface area contributed by atoms with Crippen LogP contribution in [0.4, 0.5) is 0 Å². The van der Waals surface area contributed by atoms with Crippen molar-refractivity contribution in [1.29, 1.82) is 0 Å². The second kappa shape index (κ2) is 8.35. The standard InChI is InChI=1S/C20H34N4O/c1-3-18-21-12-15-23(18)16-19(25)22(2)17-20(10-6-4-7-11-20)24-13-8-5-9-14-24/h12,15H,3-11,13-14,16-17H2,1-2H3. The summed E-state index contributed by atoms with van der Waals surface area (Å²) in [5.41, 5.74) is 0.214. The maximum Gasteiger partial charge on any atom is 0.242 e. The third-order valence-corrected chi connectivity index (χ3v) is 6.19. The molecule has 0 N–H and O–H groups in total. The van der Waals surface area contributed by atoms with Crippen LogP contribution in [0.15, 0.2) is 12.4 Å². The molecule has 3 rings (SSSR count). The average molecular weight is 347 g/mol. The van der Waals surface area contributed by atoms with Gasteiger partial charge >= 0.3 is 0 Å². The largest absolute Gasteiger partial charge is 0.342 e. The Hall–Kier alpha value is -1.36. The van der Waals surface area contributed by atoms with E-state index in [1.54, 1.807) is 6.20 Å². The Bertz CT molecular complexity index is 556. The number of amides is 1. The number of nitrogens with zero attached hydrogens (tertiary/aromatic N) is 4. The predicted molar refractivity (Wildman–Crippen MR) is 100 cm³/mol. The molecule has 0 bridgehead atoms. The summed E-state index contributed by atoms with van der Waals surface area (Å²) < 4.78 is 1.99. The van der Waals surface area contributed by atoms with E-state index in [1.165, 1.54) is 64.5 Å². The van der Waals surface area contributed by atoms with Crippen LogP contribution in [0.2, 0.25) is 0 Å². The molecule has 1 aliphatic heterocycles. The molecule has 2 heterocycles. The lowest BCUT2D eigenvalue weighted by Crippen LogP contribution is -2.58. The van der Waals surface area contributed by atoms with Crippen LogP contribution in [-0.4, -0.2) is 57.5 Å². The molecule has 1 saturated carbocycles. The highest BCUT2D eigenvalue weighted by Crippen LogP contribution is 2.36. The average Bonchev–Trinajstić information content (AvgIpc) is 3.10. The molecule has 0 radical (unpaired) electrons. The number of piperidine rings is 1. The van der Waals surface area contributed by atoms with Gasteiger partial charge in [0.05, 0.1) is 0 Å². The van der Waals surface area contributed by atoms with E-state index in [1.807, 2.05) is 22.7 Å². The number of carbonyl (C=O) groups excluding carboxylic acids is 1. The second-order valence-electron chi connectivity index (χ2n) is 7.91. The Morgan fingerprint density at radius 1 is 1.16 bits per heavy atom. The first-order valence-electron chi connectivity index (χ1n) is 10.1. The lowest BCUT2D eigenvalue weighted by Gasteiger charge is -2.49. The predicted octanol–water partition coefficient (Wildman–Crippen LogP) is 3.09. The van der Waals surface area contributed by atoms with Crippen molar-refractivity contribution in [2.24, 2.45) is 0 Å². The minimum absolute atomic E-state index is 0.203. The van der Waals surface area contributed by atoms with Gasteiger partial charge in [-0.15, -0.1) is 0 Å². The van der Waals surface area contributed by atoms with E-state index in [0.717, 1.165) is 18.8 Å². The molecule has 5 heteroatoms. The molecule has 5 nitrogen and oxygen atoms in total. The smallest absolute Gasteiger partial charge is 0.242 e. The number of rotatable bonds is 6. The number of carbonyl (C=O) groups is 1. The number of hydrogen-bond donors (Lipinski definition) is 0. The second-order valence-corrected chi connectivity index (χ2v) is 7.91. The summed E-state index contributed by atoms with van der Waals surface area (Å²) in [7, 11) is 1.99. The highest BCUT2D eigenvalue weighted by atomic mass is 16.2. The molecule has 2 aliphatic rings. The van der Waals surface area contributed by atoms with Gasteiger partial charge in [-0.3, -0.25) is 9.69 Å². The van der Waals surface area contributed by atoms with Crippen molar-refractivity contribution < 1.29 is 4.79 Å². The molecule has 0 atom stereocenters. The Morgan fingerprint density at radius 3 is 2.52 bits per heavy atom. The van der Waals surface area contributed by atoms with Crippen molar-refractivity contribution in [3.05, 3.63) is 18.2 Å². The van der Waals surface area contributed by atoms with Gasteiger partial charge in [0.25, 0.3) is 0 Å². The van der Waals surface area contributed by atoms with Crippen LogP contribution < -0.4 is 0 Å². The number of imidazole rings is 1. The number of aromatic nitrogens is 2. The van der Waals surface area contributed by atoms with Crippen LogP contribution in [0.1, 0.15) is 64.1 Å². The van der Waals surface area contributed by atoms with Crippen LogP contribution in [0.5, 0.6) is 0 Å². The first-order chi connectivity index (χ1) is 12.1. The van der Waals surface area contributed by atoms with Crippen LogP contribution in [-0.2, 0) is 17.8 Å². The molecule has 1 aromatic rings. The number of hydrogen-bond acceptors (Lipinski definition) is 3. The lowest BCUT2D eigenvalue weighted by molar-refractivity contribution is -0.133. The fraction of sp³-hybridized carbons (Fsp3) is 0.800. The van der Waals surface area contributed by atoms with Gasteiger partial charge in [0.2, 0.25) is 5.91 Å². The Morgan fingerprint density at radius 2 is 1.84 bits per heavy atom. The summed E-state index contributed by atoms with van der Waals surface area (Å²) in [4.78, 5) is 21.9. The number of likely N-dealkylation sites (tertiary alicyclic amines) is 1. The fourth-order valence-corrected chi connectivity index (χ4v) is 4.75. The SMILES string of the molecule is CCc1nccn1CC(=O)N(C)CC1(N2CCCCC2)CCCCC1. The van der Waals surface area contributed by atoms with Gasteiger partial charge in [0.15, 0.2) is 0 Å². The van der Waals surface area contributed by atoms with E-state index in [-0.39, 0.29) is 11.4 Å². The highest BCUT2D eigenvalue weighted by molar-refractivity contribution is 5.75. The number of likely N-dealkylation sites (N-methyl/N-ethyl adjacent to an activating group) is 1. The molecule has 0 aromatic carbocycles. The minimum Gasteiger partial charge on any atom is -0.342 e. The maximum absolute atomic E-state index is 12.8. The van der Waals surface area contributed by atoms with E-state index in [2.05, 4.69) is 16.8 Å². The molecule has 1 saturated heterocycles. The van der Waals surface area contributed by atoms with Crippen molar-refractivity contribution in [1.82, 2.24) is 19.4 Å². The molecule has 1 aliphatic carbocycles. The van der Waals surface area contributed by atoms with E-state index in [0.29, 0.717) is 6.54 Å². The van der Waals surface area contributed by atoms with Crippen molar-refractivity contribution in [2.75, 3.05) is 26.7 Å². The van der Waals surface area contributed by atoms with E-state index >= 15 is 0 Å². The van der Waals surface area contributed by atoms with Crippen molar-refractivity contribution >= 4 is 5.91 Å². The zero-order chi connectivity index (χ0) is 17.7. The molecule has 1 amide bonds. The summed E-state index contributed by atoms with van der Waals surface area (Å²) >= 11 is 0. The molecule has 0 unspecified atom stereocenters. The Kier molecular flexibility index (Phi) is 6.15. The summed E-state index contributed by atoms with van der Waals surface area (Å²) in [5, 5.41) is 0. The van der Waals surface area contributed by atoms with Gasteiger partial charge in [-0.25, -0.2) is 4.98 Å². The molecule has 0 spiro atoms. The van der Waals surface area contributed by atoms with Crippen LogP contribution in [0, 0.1) is 0 Å². The van der Waals surface area contributed by atoms with E-state index < -0.39 is 0 Å². The highest BCUT2D eigenvalue weighted by Gasteiger charge is 2.39. The van der Waals surface area contributed by atoms with Crippen molar-refractivity contribution in [2.45, 2.75) is 76.8 Å². The summed E-state index contributed by atoms with van der Waals surface area (Å²) in [6.07, 6.45) is 15.0. The van der Waals surface area contributed by atoms with Gasteiger partial charge in [0.1, 0.15) is 12.4 Å². The zero-order valence-electron chi connectivity index (χ0n) is 16.0. The fourth-order valence-electron chi connectivity index (χ4n) is 4.75. The molecule has 1 aromatic heterocycles. The normalized spacial score (nSPS) is 21.2. The first kappa shape index (κ1) is 18.4. The molecule has 140 valence electrons. The third-order valence-electron chi connectivity index (χ3n) is 6.19. The van der Waals surface area contributed by atoms with Crippen molar-refractivity contribution in [3.8, 4) is 0 Å². The first-order valence-corrected chi connectivity index (χ1v) is 10.1. The van der Waals surface area contributed by atoms with Gasteiger partial charge in [-0.1, -0.05) is 32.6 Å². The Labute approximate surface area is 152 Å². The van der Waals surface area contributed by atoms with Crippen molar-refractivity contribution in [3.63, 3.8) is 0 Å². The van der Waals surface area contributed by atoms with Gasteiger partial charge in [-0.05, 0) is 38.8 Å². The number of aryl methyl sites for hydroxylation is 1. The molecular formula is C20H34N4O. The minimum atomic E-state index is 0.203.